The van der Waals surface area contributed by atoms with Gasteiger partial charge in [0.05, 0.1) is 0 Å². The maximum atomic E-state index is 5.49. The Morgan fingerprint density at radius 3 is 2.14 bits per heavy atom. The van der Waals surface area contributed by atoms with Crippen LogP contribution in [0.5, 0.6) is 0 Å². The van der Waals surface area contributed by atoms with Crippen LogP contribution in [0.2, 0.25) is 0 Å². The van der Waals surface area contributed by atoms with Crippen molar-refractivity contribution in [2.24, 2.45) is 11.8 Å². The molecule has 0 heterocycles. The first-order chi connectivity index (χ1) is 9.20. The van der Waals surface area contributed by atoms with Crippen LogP contribution in [0.1, 0.15) is 72.6 Å². The standard InChI is InChI=1S/C17H35O2.BrH.Mg/c1-5-7-8-12-18-15-19-13-9-11-17(4)14-16(3)10-6-2;;/h6,16-17H,5,7-15H2,1-4H3;1H;/q-1;;+2/p-1. The van der Waals surface area contributed by atoms with Gasteiger partial charge in [-0.25, -0.2) is 0 Å². The van der Waals surface area contributed by atoms with Gasteiger partial charge >= 0.3 is 23.1 Å². The summed E-state index contributed by atoms with van der Waals surface area (Å²) in [6.07, 6.45) is 10.9. The van der Waals surface area contributed by atoms with Crippen LogP contribution < -0.4 is 17.0 Å². The second-order valence-corrected chi connectivity index (χ2v) is 5.87. The van der Waals surface area contributed by atoms with Crippen molar-refractivity contribution in [2.45, 2.75) is 72.6 Å². The zero-order valence-electron chi connectivity index (χ0n) is 14.7. The zero-order valence-corrected chi connectivity index (χ0v) is 17.7. The van der Waals surface area contributed by atoms with Crippen LogP contribution in [0.4, 0.5) is 0 Å². The second-order valence-electron chi connectivity index (χ2n) is 5.87. The van der Waals surface area contributed by atoms with Crippen molar-refractivity contribution in [3.05, 3.63) is 6.42 Å². The summed E-state index contributed by atoms with van der Waals surface area (Å²) >= 11 is 0. The molecule has 0 rings (SSSR count). The fourth-order valence-corrected chi connectivity index (χ4v) is 2.47. The fraction of sp³-hybridized carbons (Fsp3) is 0.941. The normalized spacial score (nSPS) is 13.1. The SMILES string of the molecule is C[CH-]CC(C)CC(C)CCCOCOCCCCC.[Br-].[Mg+2]. The number of hydrogen-bond acceptors (Lipinski definition) is 2. The van der Waals surface area contributed by atoms with Crippen molar-refractivity contribution < 1.29 is 26.5 Å². The minimum Gasteiger partial charge on any atom is -1.00 e. The van der Waals surface area contributed by atoms with Gasteiger partial charge in [0, 0.05) is 13.2 Å². The van der Waals surface area contributed by atoms with E-state index >= 15 is 0 Å². The van der Waals surface area contributed by atoms with Crippen molar-refractivity contribution in [1.29, 1.82) is 0 Å². The maximum absolute atomic E-state index is 5.49. The third-order valence-corrected chi connectivity index (χ3v) is 3.49. The predicted octanol–water partition coefficient (Wildman–Crippen LogP) is 1.85. The van der Waals surface area contributed by atoms with Gasteiger partial charge < -0.3 is 32.9 Å². The van der Waals surface area contributed by atoms with Crippen molar-refractivity contribution in [3.8, 4) is 0 Å². The first-order valence-electron chi connectivity index (χ1n) is 8.14. The van der Waals surface area contributed by atoms with Gasteiger partial charge in [-0.3, -0.25) is 0 Å². The van der Waals surface area contributed by atoms with Gasteiger partial charge in [0.1, 0.15) is 6.79 Å². The first kappa shape index (κ1) is 27.0. The van der Waals surface area contributed by atoms with Crippen LogP contribution in [0.3, 0.4) is 0 Å². The molecule has 0 saturated heterocycles. The summed E-state index contributed by atoms with van der Waals surface area (Å²) in [7, 11) is 0. The predicted molar refractivity (Wildman–Crippen MR) is 88.8 cm³/mol. The maximum Gasteiger partial charge on any atom is 2.00 e. The van der Waals surface area contributed by atoms with E-state index < -0.39 is 0 Å². The van der Waals surface area contributed by atoms with Crippen LogP contribution in [0, 0.1) is 18.3 Å². The summed E-state index contributed by atoms with van der Waals surface area (Å²) in [4.78, 5) is 0. The van der Waals surface area contributed by atoms with E-state index in [4.69, 9.17) is 9.47 Å². The molecule has 2 atom stereocenters. The minimum absolute atomic E-state index is 0. The largest absolute Gasteiger partial charge is 2.00 e. The molecule has 0 aromatic rings. The van der Waals surface area contributed by atoms with E-state index in [1.54, 1.807) is 0 Å². The summed E-state index contributed by atoms with van der Waals surface area (Å²) in [6.45, 7) is 11.2. The van der Waals surface area contributed by atoms with Crippen molar-refractivity contribution in [3.63, 3.8) is 0 Å². The van der Waals surface area contributed by atoms with E-state index in [1.165, 1.54) is 32.1 Å². The Morgan fingerprint density at radius 2 is 1.57 bits per heavy atom. The Morgan fingerprint density at radius 1 is 0.952 bits per heavy atom. The molecule has 0 aromatic carbocycles. The Balaban J connectivity index is -0.00000162. The third kappa shape index (κ3) is 21.2. The Hall–Kier alpha value is 1.17. The summed E-state index contributed by atoms with van der Waals surface area (Å²) in [5, 5.41) is 0. The van der Waals surface area contributed by atoms with Crippen LogP contribution in [0.25, 0.3) is 0 Å². The average Bonchev–Trinajstić information content (AvgIpc) is 2.37. The van der Waals surface area contributed by atoms with Crippen LogP contribution in [0.15, 0.2) is 0 Å². The molecule has 0 bridgehead atoms. The van der Waals surface area contributed by atoms with Crippen molar-refractivity contribution >= 4 is 23.1 Å². The number of rotatable bonds is 14. The number of halogens is 1. The van der Waals surface area contributed by atoms with Crippen LogP contribution in [-0.4, -0.2) is 43.1 Å². The summed E-state index contributed by atoms with van der Waals surface area (Å²) < 4.78 is 10.9. The van der Waals surface area contributed by atoms with Gasteiger partial charge in [-0.2, -0.15) is 13.3 Å². The van der Waals surface area contributed by atoms with Gasteiger partial charge in [0.15, 0.2) is 0 Å². The first-order valence-corrected chi connectivity index (χ1v) is 8.14. The van der Waals surface area contributed by atoms with E-state index in [2.05, 4.69) is 34.1 Å². The molecule has 0 aliphatic rings. The molecule has 0 aromatic heterocycles. The molecule has 21 heavy (non-hydrogen) atoms. The van der Waals surface area contributed by atoms with Gasteiger partial charge in [-0.05, 0) is 25.2 Å². The number of hydrogen-bond donors (Lipinski definition) is 0. The number of unbranched alkanes of at least 4 members (excludes halogenated alkanes) is 2. The van der Waals surface area contributed by atoms with E-state index in [-0.39, 0.29) is 40.0 Å². The summed E-state index contributed by atoms with van der Waals surface area (Å²) in [6, 6.07) is 0. The molecule has 2 unspecified atom stereocenters. The van der Waals surface area contributed by atoms with Gasteiger partial charge in [-0.15, -0.1) is 0 Å². The smallest absolute Gasteiger partial charge is 1.00 e. The molecule has 2 nitrogen and oxygen atoms in total. The summed E-state index contributed by atoms with van der Waals surface area (Å²) in [5.74, 6) is 1.63. The van der Waals surface area contributed by atoms with E-state index in [9.17, 15) is 0 Å². The third-order valence-electron chi connectivity index (χ3n) is 3.49. The van der Waals surface area contributed by atoms with Crippen LogP contribution >= 0.6 is 0 Å². The molecule has 0 aliphatic carbocycles. The molecule has 0 fully saturated rings. The van der Waals surface area contributed by atoms with E-state index in [0.29, 0.717) is 6.79 Å². The van der Waals surface area contributed by atoms with Crippen LogP contribution in [-0.2, 0) is 9.47 Å². The van der Waals surface area contributed by atoms with Crippen molar-refractivity contribution in [2.75, 3.05) is 20.0 Å². The molecule has 0 aliphatic heterocycles. The molecule has 0 radical (unpaired) electrons. The van der Waals surface area contributed by atoms with Gasteiger partial charge in [0.2, 0.25) is 0 Å². The monoisotopic (exact) mass is 374 g/mol. The molecular formula is C17H35BrMgO2. The number of ether oxygens (including phenoxy) is 2. The molecule has 124 valence electrons. The minimum atomic E-state index is 0. The molecule has 0 amide bonds. The molecular weight excluding hydrogens is 340 g/mol. The molecule has 0 spiro atoms. The Kier molecular flexibility index (Phi) is 27.2. The molecule has 4 heteroatoms. The fourth-order valence-electron chi connectivity index (χ4n) is 2.47. The van der Waals surface area contributed by atoms with E-state index in [0.717, 1.165) is 37.9 Å². The van der Waals surface area contributed by atoms with Crippen molar-refractivity contribution in [1.82, 2.24) is 0 Å². The topological polar surface area (TPSA) is 18.5 Å². The molecule has 0 N–H and O–H groups in total. The zero-order chi connectivity index (χ0) is 14.3. The Labute approximate surface area is 160 Å². The molecule has 0 saturated carbocycles. The van der Waals surface area contributed by atoms with Gasteiger partial charge in [0.25, 0.3) is 0 Å². The van der Waals surface area contributed by atoms with Gasteiger partial charge in [-0.1, -0.05) is 46.0 Å². The summed E-state index contributed by atoms with van der Waals surface area (Å²) in [5.41, 5.74) is 0. The van der Waals surface area contributed by atoms with E-state index in [1.807, 2.05) is 0 Å². The quantitative estimate of drug-likeness (QED) is 0.200. The Bertz CT molecular complexity index is 182. The second kappa shape index (κ2) is 21.2. The average molecular weight is 376 g/mol.